The third-order valence-corrected chi connectivity index (χ3v) is 4.73. The molecule has 1 aromatic carbocycles. The summed E-state index contributed by atoms with van der Waals surface area (Å²) in [5, 5.41) is 3.11. The Bertz CT molecular complexity index is 554. The van der Waals surface area contributed by atoms with Crippen LogP contribution in [-0.2, 0) is 16.8 Å². The van der Waals surface area contributed by atoms with Crippen LogP contribution in [0.3, 0.4) is 0 Å². The molecule has 0 aromatic heterocycles. The Hall–Kier alpha value is -0.730. The van der Waals surface area contributed by atoms with Gasteiger partial charge in [-0.05, 0) is 37.2 Å². The molecule has 1 rings (SSSR count). The molecule has 0 fully saturated rings. The van der Waals surface area contributed by atoms with Crippen molar-refractivity contribution < 1.29 is 12.8 Å². The zero-order valence-electron chi connectivity index (χ0n) is 12.2. The Balaban J connectivity index is 2.49. The van der Waals surface area contributed by atoms with Gasteiger partial charge in [0.05, 0.1) is 5.02 Å². The average Bonchev–Trinajstić information content (AvgIpc) is 2.44. The van der Waals surface area contributed by atoms with Crippen molar-refractivity contribution in [2.24, 2.45) is 0 Å². The molecular formula is C13H21ClFN3O2S. The predicted molar refractivity (Wildman–Crippen MR) is 83.0 cm³/mol. The number of benzene rings is 1. The molecule has 0 aliphatic rings. The van der Waals surface area contributed by atoms with Gasteiger partial charge in [-0.15, -0.1) is 0 Å². The minimum absolute atomic E-state index is 0.0225. The molecule has 0 aliphatic carbocycles. The van der Waals surface area contributed by atoms with E-state index in [1.54, 1.807) is 0 Å². The van der Waals surface area contributed by atoms with Crippen LogP contribution in [0.15, 0.2) is 18.2 Å². The molecule has 0 atom stereocenters. The van der Waals surface area contributed by atoms with Crippen LogP contribution in [0.5, 0.6) is 0 Å². The summed E-state index contributed by atoms with van der Waals surface area (Å²) in [7, 11) is -2.03. The third-order valence-electron chi connectivity index (χ3n) is 2.93. The summed E-state index contributed by atoms with van der Waals surface area (Å²) in [6.07, 6.45) is 0.730. The smallest absolute Gasteiger partial charge is 0.279 e. The van der Waals surface area contributed by atoms with E-state index in [2.05, 4.69) is 10.0 Å². The predicted octanol–water partition coefficient (Wildman–Crippen LogP) is 1.74. The van der Waals surface area contributed by atoms with Crippen LogP contribution in [0.1, 0.15) is 18.9 Å². The van der Waals surface area contributed by atoms with Crippen molar-refractivity contribution in [1.82, 2.24) is 14.3 Å². The Morgan fingerprint density at radius 1 is 1.38 bits per heavy atom. The molecule has 0 heterocycles. The average molecular weight is 338 g/mol. The van der Waals surface area contributed by atoms with Gasteiger partial charge in [-0.1, -0.05) is 24.6 Å². The maximum absolute atomic E-state index is 13.0. The molecule has 0 amide bonds. The molecule has 21 heavy (non-hydrogen) atoms. The van der Waals surface area contributed by atoms with E-state index in [1.807, 2.05) is 6.92 Å². The van der Waals surface area contributed by atoms with Crippen molar-refractivity contribution in [2.75, 3.05) is 26.7 Å². The van der Waals surface area contributed by atoms with Gasteiger partial charge in [-0.2, -0.15) is 17.4 Å². The standard InChI is InChI=1S/C13H21ClFN3O2S/c1-3-16-7-4-8-18(2)21(19,20)17-10-11-5-6-13(15)12(14)9-11/h5-6,9,16-17H,3-4,7-8,10H2,1-2H3. The first-order valence-corrected chi connectivity index (χ1v) is 8.54. The number of nitrogens with zero attached hydrogens (tertiary/aromatic N) is 1. The van der Waals surface area contributed by atoms with Crippen molar-refractivity contribution >= 4 is 21.8 Å². The van der Waals surface area contributed by atoms with E-state index < -0.39 is 16.0 Å². The van der Waals surface area contributed by atoms with Gasteiger partial charge >= 0.3 is 0 Å². The van der Waals surface area contributed by atoms with Crippen LogP contribution in [0.25, 0.3) is 0 Å². The summed E-state index contributed by atoms with van der Waals surface area (Å²) in [6, 6.07) is 4.12. The minimum Gasteiger partial charge on any atom is -0.317 e. The summed E-state index contributed by atoms with van der Waals surface area (Å²) in [5.41, 5.74) is 0.603. The molecular weight excluding hydrogens is 317 g/mol. The van der Waals surface area contributed by atoms with Crippen molar-refractivity contribution in [3.05, 3.63) is 34.6 Å². The van der Waals surface area contributed by atoms with Crippen LogP contribution >= 0.6 is 11.6 Å². The van der Waals surface area contributed by atoms with Crippen molar-refractivity contribution in [3.63, 3.8) is 0 Å². The fourth-order valence-corrected chi connectivity index (χ4v) is 2.80. The number of rotatable bonds is 9. The summed E-state index contributed by atoms with van der Waals surface area (Å²) in [4.78, 5) is 0. The van der Waals surface area contributed by atoms with Crippen molar-refractivity contribution in [1.29, 1.82) is 0 Å². The SMILES string of the molecule is CCNCCCN(C)S(=O)(=O)NCc1ccc(F)c(Cl)c1. The van der Waals surface area contributed by atoms with Crippen LogP contribution in [-0.4, -0.2) is 39.4 Å². The largest absolute Gasteiger partial charge is 0.317 e. The maximum Gasteiger partial charge on any atom is 0.279 e. The van der Waals surface area contributed by atoms with E-state index in [0.717, 1.165) is 19.5 Å². The van der Waals surface area contributed by atoms with E-state index in [4.69, 9.17) is 11.6 Å². The Morgan fingerprint density at radius 2 is 2.10 bits per heavy atom. The van der Waals surface area contributed by atoms with Gasteiger partial charge in [-0.3, -0.25) is 0 Å². The lowest BCUT2D eigenvalue weighted by atomic mass is 10.2. The van der Waals surface area contributed by atoms with Gasteiger partial charge < -0.3 is 5.32 Å². The first kappa shape index (κ1) is 18.3. The van der Waals surface area contributed by atoms with Gasteiger partial charge in [0.1, 0.15) is 5.82 Å². The molecule has 2 N–H and O–H groups in total. The highest BCUT2D eigenvalue weighted by Gasteiger charge is 2.16. The van der Waals surface area contributed by atoms with Gasteiger partial charge in [0, 0.05) is 20.1 Å². The third kappa shape index (κ3) is 6.27. The number of hydrogen-bond donors (Lipinski definition) is 2. The fraction of sp³-hybridized carbons (Fsp3) is 0.538. The first-order valence-electron chi connectivity index (χ1n) is 6.72. The molecule has 0 bridgehead atoms. The zero-order chi connectivity index (χ0) is 15.9. The topological polar surface area (TPSA) is 61.4 Å². The highest BCUT2D eigenvalue weighted by molar-refractivity contribution is 7.87. The second kappa shape index (κ2) is 8.65. The van der Waals surface area contributed by atoms with E-state index in [0.29, 0.717) is 12.1 Å². The lowest BCUT2D eigenvalue weighted by Gasteiger charge is -2.17. The fourth-order valence-electron chi connectivity index (χ4n) is 1.66. The number of halogens is 2. The molecule has 5 nitrogen and oxygen atoms in total. The number of hydrogen-bond acceptors (Lipinski definition) is 3. The molecule has 0 saturated heterocycles. The van der Waals surface area contributed by atoms with Crippen molar-refractivity contribution in [2.45, 2.75) is 19.9 Å². The molecule has 0 radical (unpaired) electrons. The molecule has 0 unspecified atom stereocenters. The molecule has 0 spiro atoms. The Morgan fingerprint density at radius 3 is 2.71 bits per heavy atom. The highest BCUT2D eigenvalue weighted by Crippen LogP contribution is 2.16. The molecule has 1 aromatic rings. The molecule has 8 heteroatoms. The summed E-state index contributed by atoms with van der Waals surface area (Å²) in [6.45, 7) is 4.12. The summed E-state index contributed by atoms with van der Waals surface area (Å²) >= 11 is 5.66. The summed E-state index contributed by atoms with van der Waals surface area (Å²) < 4.78 is 40.8. The van der Waals surface area contributed by atoms with Gasteiger partial charge in [0.25, 0.3) is 10.2 Å². The quantitative estimate of drug-likeness (QED) is 0.675. The zero-order valence-corrected chi connectivity index (χ0v) is 13.8. The van der Waals surface area contributed by atoms with E-state index in [-0.39, 0.29) is 11.6 Å². The van der Waals surface area contributed by atoms with Gasteiger partial charge in [0.2, 0.25) is 0 Å². The van der Waals surface area contributed by atoms with Crippen LogP contribution < -0.4 is 10.0 Å². The van der Waals surface area contributed by atoms with E-state index >= 15 is 0 Å². The molecule has 0 saturated carbocycles. The van der Waals surface area contributed by atoms with Crippen LogP contribution in [0.4, 0.5) is 4.39 Å². The van der Waals surface area contributed by atoms with Gasteiger partial charge in [-0.25, -0.2) is 4.39 Å². The monoisotopic (exact) mass is 337 g/mol. The normalized spacial score (nSPS) is 12.0. The summed E-state index contributed by atoms with van der Waals surface area (Å²) in [5.74, 6) is -0.524. The Kier molecular flexibility index (Phi) is 7.55. The number of nitrogens with one attached hydrogen (secondary N) is 2. The maximum atomic E-state index is 13.0. The van der Waals surface area contributed by atoms with E-state index in [1.165, 1.54) is 29.6 Å². The molecule has 0 aliphatic heterocycles. The second-order valence-corrected chi connectivity index (χ2v) is 6.87. The van der Waals surface area contributed by atoms with Gasteiger partial charge in [0.15, 0.2) is 0 Å². The van der Waals surface area contributed by atoms with Crippen molar-refractivity contribution in [3.8, 4) is 0 Å². The second-order valence-electron chi connectivity index (χ2n) is 4.60. The van der Waals surface area contributed by atoms with Crippen LogP contribution in [0.2, 0.25) is 5.02 Å². The van der Waals surface area contributed by atoms with E-state index in [9.17, 15) is 12.8 Å². The molecule has 120 valence electrons. The minimum atomic E-state index is -3.55. The lowest BCUT2D eigenvalue weighted by molar-refractivity contribution is 0.445. The lowest BCUT2D eigenvalue weighted by Crippen LogP contribution is -2.39. The first-order chi connectivity index (χ1) is 9.86. The Labute approximate surface area is 130 Å². The van der Waals surface area contributed by atoms with Crippen LogP contribution in [0, 0.1) is 5.82 Å². The highest BCUT2D eigenvalue weighted by atomic mass is 35.5.